The lowest BCUT2D eigenvalue weighted by Gasteiger charge is -2.31. The van der Waals surface area contributed by atoms with Crippen LogP contribution >= 0.6 is 11.8 Å². The molecular weight excluding hydrogens is 254 g/mol. The Morgan fingerprint density at radius 2 is 2.28 bits per heavy atom. The van der Waals surface area contributed by atoms with Gasteiger partial charge in [-0.25, -0.2) is 0 Å². The maximum atomic E-state index is 11.9. The first-order chi connectivity index (χ1) is 8.52. The van der Waals surface area contributed by atoms with Crippen molar-refractivity contribution in [2.45, 2.75) is 31.6 Å². The lowest BCUT2D eigenvalue weighted by Crippen LogP contribution is -2.45. The fourth-order valence-corrected chi connectivity index (χ4v) is 2.59. The van der Waals surface area contributed by atoms with Crippen LogP contribution in [0.2, 0.25) is 0 Å². The minimum Gasteiger partial charge on any atom is -0.469 e. The highest BCUT2D eigenvalue weighted by Crippen LogP contribution is 2.16. The number of amides is 1. The summed E-state index contributed by atoms with van der Waals surface area (Å²) in [6.07, 6.45) is 0.453. The Labute approximate surface area is 112 Å². The Balaban J connectivity index is 2.25. The molecule has 0 saturated carbocycles. The zero-order valence-corrected chi connectivity index (χ0v) is 12.0. The van der Waals surface area contributed by atoms with E-state index in [1.807, 2.05) is 18.7 Å². The molecule has 1 aliphatic rings. The van der Waals surface area contributed by atoms with Gasteiger partial charge in [0.15, 0.2) is 0 Å². The SMILES string of the molecule is COC(=O)CC(C)SCC(=O)N1CCOC(C)C1. The quantitative estimate of drug-likeness (QED) is 0.698. The van der Waals surface area contributed by atoms with E-state index in [9.17, 15) is 9.59 Å². The summed E-state index contributed by atoms with van der Waals surface area (Å²) in [6, 6.07) is 0. The molecule has 1 aliphatic heterocycles. The van der Waals surface area contributed by atoms with E-state index in [2.05, 4.69) is 4.74 Å². The van der Waals surface area contributed by atoms with Crippen molar-refractivity contribution in [3.63, 3.8) is 0 Å². The van der Waals surface area contributed by atoms with Crippen molar-refractivity contribution in [1.82, 2.24) is 4.90 Å². The van der Waals surface area contributed by atoms with Gasteiger partial charge in [0.25, 0.3) is 0 Å². The summed E-state index contributed by atoms with van der Waals surface area (Å²) < 4.78 is 9.98. The Hall–Kier alpha value is -0.750. The van der Waals surface area contributed by atoms with E-state index in [1.54, 1.807) is 0 Å². The van der Waals surface area contributed by atoms with Gasteiger partial charge in [0.05, 0.1) is 32.0 Å². The van der Waals surface area contributed by atoms with Gasteiger partial charge in [-0.3, -0.25) is 9.59 Å². The van der Waals surface area contributed by atoms with Crippen molar-refractivity contribution in [2.24, 2.45) is 0 Å². The van der Waals surface area contributed by atoms with Crippen LogP contribution in [0.15, 0.2) is 0 Å². The molecule has 5 nitrogen and oxygen atoms in total. The molecular formula is C12H21NO4S. The minimum absolute atomic E-state index is 0.0971. The fourth-order valence-electron chi connectivity index (χ4n) is 1.73. The Bertz CT molecular complexity index is 298. The summed E-state index contributed by atoms with van der Waals surface area (Å²) in [5, 5.41) is 0.0971. The van der Waals surface area contributed by atoms with Crippen molar-refractivity contribution in [3.8, 4) is 0 Å². The molecule has 1 amide bonds. The van der Waals surface area contributed by atoms with Crippen LogP contribution in [0.3, 0.4) is 0 Å². The van der Waals surface area contributed by atoms with Gasteiger partial charge >= 0.3 is 5.97 Å². The third kappa shape index (κ3) is 5.27. The average molecular weight is 275 g/mol. The van der Waals surface area contributed by atoms with Gasteiger partial charge in [-0.1, -0.05) is 6.92 Å². The second-order valence-electron chi connectivity index (χ2n) is 4.42. The molecule has 0 aromatic heterocycles. The number of methoxy groups -OCH3 is 1. The topological polar surface area (TPSA) is 55.8 Å². The van der Waals surface area contributed by atoms with Crippen molar-refractivity contribution < 1.29 is 19.1 Å². The second kappa shape index (κ2) is 7.63. The maximum absolute atomic E-state index is 11.9. The van der Waals surface area contributed by atoms with E-state index in [-0.39, 0.29) is 23.2 Å². The molecule has 0 aliphatic carbocycles. The average Bonchev–Trinajstić information content (AvgIpc) is 2.35. The third-order valence-electron chi connectivity index (χ3n) is 2.77. The molecule has 0 radical (unpaired) electrons. The van der Waals surface area contributed by atoms with Gasteiger partial charge in [-0.2, -0.15) is 0 Å². The van der Waals surface area contributed by atoms with E-state index in [1.165, 1.54) is 18.9 Å². The van der Waals surface area contributed by atoms with Gasteiger partial charge < -0.3 is 14.4 Å². The number of rotatable bonds is 5. The van der Waals surface area contributed by atoms with Crippen LogP contribution in [-0.2, 0) is 19.1 Å². The molecule has 0 bridgehead atoms. The zero-order chi connectivity index (χ0) is 13.5. The molecule has 1 heterocycles. The number of thioether (sulfide) groups is 1. The number of ether oxygens (including phenoxy) is 2. The Morgan fingerprint density at radius 3 is 2.89 bits per heavy atom. The van der Waals surface area contributed by atoms with E-state index in [4.69, 9.17) is 4.74 Å². The normalized spacial score (nSPS) is 21.5. The predicted octanol–water partition coefficient (Wildman–Crippen LogP) is 0.918. The van der Waals surface area contributed by atoms with Gasteiger partial charge in [0, 0.05) is 18.3 Å². The predicted molar refractivity (Wildman–Crippen MR) is 70.5 cm³/mol. The lowest BCUT2D eigenvalue weighted by atomic mass is 10.3. The van der Waals surface area contributed by atoms with Crippen LogP contribution in [0, 0.1) is 0 Å². The van der Waals surface area contributed by atoms with Gasteiger partial charge in [-0.15, -0.1) is 11.8 Å². The van der Waals surface area contributed by atoms with Crippen LogP contribution in [0.1, 0.15) is 20.3 Å². The van der Waals surface area contributed by atoms with E-state index in [0.717, 1.165) is 0 Å². The first-order valence-corrected chi connectivity index (χ1v) is 7.15. The number of nitrogens with zero attached hydrogens (tertiary/aromatic N) is 1. The van der Waals surface area contributed by atoms with E-state index < -0.39 is 0 Å². The third-order valence-corrected chi connectivity index (χ3v) is 3.92. The molecule has 1 saturated heterocycles. The highest BCUT2D eigenvalue weighted by Gasteiger charge is 2.22. The summed E-state index contributed by atoms with van der Waals surface area (Å²) in [6.45, 7) is 5.82. The highest BCUT2D eigenvalue weighted by atomic mass is 32.2. The highest BCUT2D eigenvalue weighted by molar-refractivity contribution is 8.00. The summed E-state index contributed by atoms with van der Waals surface area (Å²) in [4.78, 5) is 24.8. The summed E-state index contributed by atoms with van der Waals surface area (Å²) >= 11 is 1.49. The number of hydrogen-bond donors (Lipinski definition) is 0. The molecule has 0 N–H and O–H groups in total. The molecule has 2 atom stereocenters. The van der Waals surface area contributed by atoms with Gasteiger partial charge in [0.1, 0.15) is 0 Å². The maximum Gasteiger partial charge on any atom is 0.306 e. The zero-order valence-electron chi connectivity index (χ0n) is 11.2. The van der Waals surface area contributed by atoms with E-state index in [0.29, 0.717) is 31.9 Å². The fraction of sp³-hybridized carbons (Fsp3) is 0.833. The summed E-state index contributed by atoms with van der Waals surface area (Å²) in [5.41, 5.74) is 0. The number of carbonyl (C=O) groups is 2. The standard InChI is InChI=1S/C12H21NO4S/c1-9-7-13(4-5-17-9)11(14)8-18-10(2)6-12(15)16-3/h9-10H,4-8H2,1-3H3. The molecule has 1 rings (SSSR count). The molecule has 2 unspecified atom stereocenters. The van der Waals surface area contributed by atoms with E-state index >= 15 is 0 Å². The lowest BCUT2D eigenvalue weighted by molar-refractivity contribution is -0.140. The van der Waals surface area contributed by atoms with Gasteiger partial charge in [-0.05, 0) is 6.92 Å². The van der Waals surface area contributed by atoms with Crippen LogP contribution < -0.4 is 0 Å². The summed E-state index contributed by atoms with van der Waals surface area (Å²) in [7, 11) is 1.37. The summed E-state index contributed by atoms with van der Waals surface area (Å²) in [5.74, 6) is 0.291. The number of carbonyl (C=O) groups excluding carboxylic acids is 2. The molecule has 0 spiro atoms. The van der Waals surface area contributed by atoms with Crippen LogP contribution in [-0.4, -0.2) is 60.7 Å². The van der Waals surface area contributed by atoms with Crippen molar-refractivity contribution in [1.29, 1.82) is 0 Å². The largest absolute Gasteiger partial charge is 0.469 e. The van der Waals surface area contributed by atoms with Gasteiger partial charge in [0.2, 0.25) is 5.91 Å². The van der Waals surface area contributed by atoms with Crippen LogP contribution in [0.25, 0.3) is 0 Å². The molecule has 0 aromatic carbocycles. The molecule has 1 fully saturated rings. The number of hydrogen-bond acceptors (Lipinski definition) is 5. The smallest absolute Gasteiger partial charge is 0.306 e. The molecule has 0 aromatic rings. The van der Waals surface area contributed by atoms with Crippen LogP contribution in [0.4, 0.5) is 0 Å². The monoisotopic (exact) mass is 275 g/mol. The van der Waals surface area contributed by atoms with Crippen molar-refractivity contribution >= 4 is 23.6 Å². The van der Waals surface area contributed by atoms with Crippen molar-refractivity contribution in [3.05, 3.63) is 0 Å². The first-order valence-electron chi connectivity index (χ1n) is 6.10. The number of esters is 1. The molecule has 6 heteroatoms. The Morgan fingerprint density at radius 1 is 1.56 bits per heavy atom. The van der Waals surface area contributed by atoms with Crippen LogP contribution in [0.5, 0.6) is 0 Å². The number of morpholine rings is 1. The Kier molecular flexibility index (Phi) is 6.49. The molecule has 18 heavy (non-hydrogen) atoms. The first kappa shape index (κ1) is 15.3. The second-order valence-corrected chi connectivity index (χ2v) is 5.85. The van der Waals surface area contributed by atoms with Crippen molar-refractivity contribution in [2.75, 3.05) is 32.6 Å². The minimum atomic E-state index is -0.234. The molecule has 104 valence electrons.